The van der Waals surface area contributed by atoms with Gasteiger partial charge >= 0.3 is 0 Å². The maximum atomic E-state index is 4.12. The molecule has 0 saturated carbocycles. The number of rotatable bonds is 1. The van der Waals surface area contributed by atoms with E-state index in [9.17, 15) is 0 Å². The van der Waals surface area contributed by atoms with Crippen LogP contribution in [0.15, 0.2) is 29.3 Å². The van der Waals surface area contributed by atoms with Crippen molar-refractivity contribution < 1.29 is 4.58 Å². The van der Waals surface area contributed by atoms with E-state index in [1.807, 2.05) is 10.9 Å². The lowest BCUT2D eigenvalue weighted by atomic mass is 10.2. The summed E-state index contributed by atoms with van der Waals surface area (Å²) in [5.74, 6) is 0. The first-order chi connectivity index (χ1) is 5.86. The third kappa shape index (κ3) is 1.28. The average Bonchev–Trinajstić information content (AvgIpc) is 2.56. The van der Waals surface area contributed by atoms with Gasteiger partial charge in [0.1, 0.15) is 11.9 Å². The van der Waals surface area contributed by atoms with Crippen molar-refractivity contribution in [2.45, 2.75) is 6.92 Å². The van der Waals surface area contributed by atoms with Crippen LogP contribution >= 0.6 is 0 Å². The molecule has 1 aliphatic rings. The smallest absolute Gasteiger partial charge is 0.203 e. The SMILES string of the molecule is Cc1cccc([N+]2=CCN=C2)c1. The van der Waals surface area contributed by atoms with Gasteiger partial charge in [-0.25, -0.2) is 4.58 Å². The van der Waals surface area contributed by atoms with Crippen LogP contribution in [0.3, 0.4) is 0 Å². The quantitative estimate of drug-likeness (QED) is 0.555. The Kier molecular flexibility index (Phi) is 1.74. The molecule has 0 bridgehead atoms. The third-order valence-corrected chi connectivity index (χ3v) is 1.89. The predicted molar refractivity (Wildman–Crippen MR) is 50.5 cm³/mol. The van der Waals surface area contributed by atoms with Crippen LogP contribution in [0.4, 0.5) is 5.69 Å². The van der Waals surface area contributed by atoms with Gasteiger partial charge in [-0.1, -0.05) is 17.1 Å². The summed E-state index contributed by atoms with van der Waals surface area (Å²) in [4.78, 5) is 4.12. The van der Waals surface area contributed by atoms with Crippen LogP contribution in [0.5, 0.6) is 0 Å². The highest BCUT2D eigenvalue weighted by atomic mass is 15.1. The Balaban J connectivity index is 2.40. The Morgan fingerprint density at radius 1 is 1.42 bits per heavy atom. The Morgan fingerprint density at radius 2 is 2.33 bits per heavy atom. The van der Waals surface area contributed by atoms with Crippen molar-refractivity contribution in [3.63, 3.8) is 0 Å². The molecule has 0 radical (unpaired) electrons. The molecular formula is C10H11N2+. The molecule has 12 heavy (non-hydrogen) atoms. The first kappa shape index (κ1) is 7.22. The summed E-state index contributed by atoms with van der Waals surface area (Å²) in [6, 6.07) is 8.38. The lowest BCUT2D eigenvalue weighted by Gasteiger charge is -1.96. The summed E-state index contributed by atoms with van der Waals surface area (Å²) < 4.78 is 2.05. The second kappa shape index (κ2) is 2.89. The Bertz CT molecular complexity index is 351. The molecule has 0 amide bonds. The van der Waals surface area contributed by atoms with Gasteiger partial charge in [0.2, 0.25) is 0 Å². The van der Waals surface area contributed by atoms with E-state index in [-0.39, 0.29) is 0 Å². The zero-order valence-electron chi connectivity index (χ0n) is 7.07. The summed E-state index contributed by atoms with van der Waals surface area (Å²) in [6.45, 7) is 2.89. The number of hydrogen-bond acceptors (Lipinski definition) is 1. The van der Waals surface area contributed by atoms with E-state index in [1.54, 1.807) is 0 Å². The second-order valence-corrected chi connectivity index (χ2v) is 2.91. The minimum Gasteiger partial charge on any atom is -0.203 e. The van der Waals surface area contributed by atoms with Gasteiger partial charge in [-0.2, -0.15) is 0 Å². The van der Waals surface area contributed by atoms with Crippen molar-refractivity contribution in [2.24, 2.45) is 4.99 Å². The third-order valence-electron chi connectivity index (χ3n) is 1.89. The normalized spacial score (nSPS) is 14.9. The van der Waals surface area contributed by atoms with Gasteiger partial charge in [-0.05, 0) is 24.6 Å². The van der Waals surface area contributed by atoms with Gasteiger partial charge in [0, 0.05) is 0 Å². The Morgan fingerprint density at radius 3 is 3.00 bits per heavy atom. The lowest BCUT2D eigenvalue weighted by Crippen LogP contribution is -1.98. The number of nitrogens with zero attached hydrogens (tertiary/aromatic N) is 2. The van der Waals surface area contributed by atoms with Crippen LogP contribution in [0.2, 0.25) is 0 Å². The van der Waals surface area contributed by atoms with Gasteiger partial charge in [0.15, 0.2) is 6.54 Å². The Labute approximate surface area is 71.9 Å². The molecule has 0 fully saturated rings. The van der Waals surface area contributed by atoms with Gasteiger partial charge in [0.05, 0.1) is 0 Å². The van der Waals surface area contributed by atoms with E-state index in [1.165, 1.54) is 11.3 Å². The van der Waals surface area contributed by atoms with Crippen LogP contribution < -0.4 is 0 Å². The molecule has 1 aromatic rings. The van der Waals surface area contributed by atoms with E-state index in [0.29, 0.717) is 0 Å². The van der Waals surface area contributed by atoms with E-state index in [4.69, 9.17) is 0 Å². The van der Waals surface area contributed by atoms with Crippen molar-refractivity contribution in [3.05, 3.63) is 29.8 Å². The molecule has 0 atom stereocenters. The van der Waals surface area contributed by atoms with Crippen molar-refractivity contribution >= 4 is 18.2 Å². The minimum absolute atomic E-state index is 0.800. The first-order valence-electron chi connectivity index (χ1n) is 4.04. The summed E-state index contributed by atoms with van der Waals surface area (Å²) in [6.07, 6.45) is 3.92. The summed E-state index contributed by atoms with van der Waals surface area (Å²) >= 11 is 0. The monoisotopic (exact) mass is 159 g/mol. The van der Waals surface area contributed by atoms with Gasteiger partial charge < -0.3 is 0 Å². The number of benzene rings is 1. The molecular weight excluding hydrogens is 148 g/mol. The molecule has 0 spiro atoms. The van der Waals surface area contributed by atoms with E-state index >= 15 is 0 Å². The number of aryl methyl sites for hydroxylation is 1. The standard InChI is InChI=1S/C10H11N2/c1-9-3-2-4-10(7-9)12-6-5-11-8-12/h2-4,6-8H,5H2,1H3/q+1. The fourth-order valence-corrected chi connectivity index (χ4v) is 1.28. The topological polar surface area (TPSA) is 15.4 Å². The maximum Gasteiger partial charge on any atom is 0.285 e. The molecule has 0 saturated heterocycles. The fourth-order valence-electron chi connectivity index (χ4n) is 1.28. The van der Waals surface area contributed by atoms with Crippen LogP contribution in [0.1, 0.15) is 5.56 Å². The van der Waals surface area contributed by atoms with Crippen molar-refractivity contribution in [1.82, 2.24) is 0 Å². The van der Waals surface area contributed by atoms with Crippen LogP contribution in [0.25, 0.3) is 0 Å². The number of hydrogen-bond donors (Lipinski definition) is 0. The molecule has 0 N–H and O–H groups in total. The lowest BCUT2D eigenvalue weighted by molar-refractivity contribution is -0.285. The van der Waals surface area contributed by atoms with Crippen molar-refractivity contribution in [1.29, 1.82) is 0 Å². The molecule has 2 heteroatoms. The zero-order chi connectivity index (χ0) is 8.39. The highest BCUT2D eigenvalue weighted by Crippen LogP contribution is 2.12. The predicted octanol–water partition coefficient (Wildman–Crippen LogP) is 1.75. The summed E-state index contributed by atoms with van der Waals surface area (Å²) in [7, 11) is 0. The minimum atomic E-state index is 0.800. The molecule has 1 heterocycles. The summed E-state index contributed by atoms with van der Waals surface area (Å²) in [5, 5.41) is 0. The highest BCUT2D eigenvalue weighted by Gasteiger charge is 2.07. The van der Waals surface area contributed by atoms with Gasteiger partial charge in [-0.3, -0.25) is 0 Å². The Hall–Kier alpha value is -1.44. The molecule has 60 valence electrons. The van der Waals surface area contributed by atoms with Crippen molar-refractivity contribution in [2.75, 3.05) is 6.54 Å². The number of aliphatic imine (C=N–C) groups is 1. The van der Waals surface area contributed by atoms with E-state index in [0.717, 1.165) is 6.54 Å². The molecule has 0 aromatic heterocycles. The fraction of sp³-hybridized carbons (Fsp3) is 0.200. The zero-order valence-corrected chi connectivity index (χ0v) is 7.07. The van der Waals surface area contributed by atoms with Crippen LogP contribution in [0, 0.1) is 6.92 Å². The van der Waals surface area contributed by atoms with Crippen LogP contribution in [-0.4, -0.2) is 23.7 Å². The van der Waals surface area contributed by atoms with Gasteiger partial charge in [-0.15, -0.1) is 0 Å². The molecule has 1 aliphatic heterocycles. The molecule has 2 rings (SSSR count). The van der Waals surface area contributed by atoms with E-state index in [2.05, 4.69) is 42.4 Å². The average molecular weight is 159 g/mol. The molecule has 2 nitrogen and oxygen atoms in total. The summed E-state index contributed by atoms with van der Waals surface area (Å²) in [5.41, 5.74) is 2.47. The molecule has 1 aromatic carbocycles. The second-order valence-electron chi connectivity index (χ2n) is 2.91. The largest absolute Gasteiger partial charge is 0.285 e. The van der Waals surface area contributed by atoms with Gasteiger partial charge in [0.25, 0.3) is 6.34 Å². The maximum absolute atomic E-state index is 4.12. The molecule has 0 unspecified atom stereocenters. The highest BCUT2D eigenvalue weighted by molar-refractivity contribution is 5.70. The van der Waals surface area contributed by atoms with E-state index < -0.39 is 0 Å². The van der Waals surface area contributed by atoms with Crippen LogP contribution in [-0.2, 0) is 0 Å². The first-order valence-corrected chi connectivity index (χ1v) is 4.04. The van der Waals surface area contributed by atoms with Crippen molar-refractivity contribution in [3.8, 4) is 0 Å². The molecule has 0 aliphatic carbocycles.